The second-order valence-electron chi connectivity index (χ2n) is 4.93. The highest BCUT2D eigenvalue weighted by Crippen LogP contribution is 2.27. The lowest BCUT2D eigenvalue weighted by molar-refractivity contribution is 0.675. The maximum absolute atomic E-state index is 12.7. The highest BCUT2D eigenvalue weighted by Gasteiger charge is 2.14. The van der Waals surface area contributed by atoms with Crippen molar-refractivity contribution in [1.82, 2.24) is 0 Å². The van der Waals surface area contributed by atoms with E-state index < -0.39 is 10.8 Å². The number of hydrogen-bond donors (Lipinski definition) is 0. The van der Waals surface area contributed by atoms with Crippen LogP contribution in [0.15, 0.2) is 58.3 Å². The molecule has 0 radical (unpaired) electrons. The minimum Gasteiger partial charge on any atom is -0.249 e. The summed E-state index contributed by atoms with van der Waals surface area (Å²) in [6.45, 7) is 6.39. The summed E-state index contributed by atoms with van der Waals surface area (Å²) in [6, 6.07) is 16.0. The van der Waals surface area contributed by atoms with Gasteiger partial charge < -0.3 is 0 Å². The van der Waals surface area contributed by atoms with Gasteiger partial charge in [0.25, 0.3) is 0 Å². The van der Waals surface area contributed by atoms with Crippen molar-refractivity contribution in [2.75, 3.05) is 0 Å². The van der Waals surface area contributed by atoms with Gasteiger partial charge in [-0.05, 0) is 43.0 Å². The van der Waals surface area contributed by atoms with Crippen LogP contribution in [-0.4, -0.2) is 4.21 Å². The molecule has 19 heavy (non-hydrogen) atoms. The fraction of sp³-hybridized carbons (Fsp3) is 0.294. The van der Waals surface area contributed by atoms with E-state index in [1.807, 2.05) is 49.4 Å². The lowest BCUT2D eigenvalue weighted by atomic mass is 9.99. The van der Waals surface area contributed by atoms with Crippen LogP contribution in [0, 0.1) is 6.92 Å². The second-order valence-corrected chi connectivity index (χ2v) is 6.38. The van der Waals surface area contributed by atoms with Crippen LogP contribution in [0.5, 0.6) is 0 Å². The molecule has 0 heterocycles. The van der Waals surface area contributed by atoms with Crippen LogP contribution >= 0.6 is 0 Å². The highest BCUT2D eigenvalue weighted by molar-refractivity contribution is 7.85. The smallest absolute Gasteiger partial charge is 0.0852 e. The Morgan fingerprint density at radius 1 is 1.05 bits per heavy atom. The standard InChI is InChI=1S/C17H20OS/c1-4-14(3)16-7-5-6-8-17(16)19(18)15-11-9-13(2)10-12-15/h5-12,14H,4H2,1-3H3/t14-,19?/m0/s1. The average molecular weight is 272 g/mol. The molecule has 2 rings (SSSR count). The van der Waals surface area contributed by atoms with Gasteiger partial charge in [0.2, 0.25) is 0 Å². The van der Waals surface area contributed by atoms with Gasteiger partial charge in [-0.3, -0.25) is 0 Å². The predicted molar refractivity (Wildman–Crippen MR) is 81.0 cm³/mol. The van der Waals surface area contributed by atoms with Crippen molar-refractivity contribution in [2.45, 2.75) is 42.9 Å². The summed E-state index contributed by atoms with van der Waals surface area (Å²) in [4.78, 5) is 1.82. The molecule has 0 bridgehead atoms. The van der Waals surface area contributed by atoms with Crippen LogP contribution in [0.2, 0.25) is 0 Å². The van der Waals surface area contributed by atoms with Crippen LogP contribution in [0.4, 0.5) is 0 Å². The van der Waals surface area contributed by atoms with Crippen molar-refractivity contribution in [2.24, 2.45) is 0 Å². The molecule has 2 aromatic carbocycles. The van der Waals surface area contributed by atoms with Crippen LogP contribution in [0.25, 0.3) is 0 Å². The molecule has 2 aromatic rings. The fourth-order valence-electron chi connectivity index (χ4n) is 2.07. The van der Waals surface area contributed by atoms with Gasteiger partial charge in [-0.15, -0.1) is 0 Å². The lowest BCUT2D eigenvalue weighted by Crippen LogP contribution is -2.01. The molecule has 0 spiro atoms. The van der Waals surface area contributed by atoms with E-state index in [4.69, 9.17) is 0 Å². The SMILES string of the molecule is CC[C@H](C)c1ccccc1S(=O)c1ccc(C)cc1. The molecule has 1 unspecified atom stereocenters. The molecule has 0 amide bonds. The van der Waals surface area contributed by atoms with Gasteiger partial charge in [-0.1, -0.05) is 49.7 Å². The average Bonchev–Trinajstić information content (AvgIpc) is 2.46. The fourth-order valence-corrected chi connectivity index (χ4v) is 3.39. The summed E-state index contributed by atoms with van der Waals surface area (Å²) in [5.41, 5.74) is 2.39. The summed E-state index contributed by atoms with van der Waals surface area (Å²) in [7, 11) is -1.09. The third kappa shape index (κ3) is 3.13. The van der Waals surface area contributed by atoms with Crippen molar-refractivity contribution in [3.63, 3.8) is 0 Å². The minimum atomic E-state index is -1.09. The Labute approximate surface area is 118 Å². The number of aryl methyl sites for hydroxylation is 1. The molecule has 100 valence electrons. The van der Waals surface area contributed by atoms with Gasteiger partial charge >= 0.3 is 0 Å². The summed E-state index contributed by atoms with van der Waals surface area (Å²) < 4.78 is 12.7. The Morgan fingerprint density at radius 2 is 1.68 bits per heavy atom. The monoisotopic (exact) mass is 272 g/mol. The Bertz CT molecular complexity index is 572. The number of hydrogen-bond acceptors (Lipinski definition) is 1. The summed E-state index contributed by atoms with van der Waals surface area (Å²) >= 11 is 0. The van der Waals surface area contributed by atoms with E-state index in [1.54, 1.807) is 0 Å². The Kier molecular flexibility index (Phi) is 4.54. The van der Waals surface area contributed by atoms with Gasteiger partial charge in [0.15, 0.2) is 0 Å². The van der Waals surface area contributed by atoms with E-state index in [0.29, 0.717) is 5.92 Å². The number of rotatable bonds is 4. The Hall–Kier alpha value is -1.41. The van der Waals surface area contributed by atoms with Crippen LogP contribution < -0.4 is 0 Å². The Morgan fingerprint density at radius 3 is 2.32 bits per heavy atom. The normalized spacial score (nSPS) is 14.1. The van der Waals surface area contributed by atoms with E-state index in [-0.39, 0.29) is 0 Å². The quantitative estimate of drug-likeness (QED) is 0.790. The van der Waals surface area contributed by atoms with Crippen molar-refractivity contribution in [3.05, 3.63) is 59.7 Å². The molecule has 2 heteroatoms. The first kappa shape index (κ1) is 14.0. The largest absolute Gasteiger partial charge is 0.249 e. The second kappa shape index (κ2) is 6.16. The van der Waals surface area contributed by atoms with Crippen LogP contribution in [-0.2, 0) is 10.8 Å². The molecule has 0 aliphatic rings. The first-order chi connectivity index (χ1) is 9.13. The van der Waals surface area contributed by atoms with E-state index in [2.05, 4.69) is 19.9 Å². The molecule has 0 fully saturated rings. The third-order valence-corrected chi connectivity index (χ3v) is 4.97. The molecular formula is C17H20OS. The first-order valence-corrected chi connectivity index (χ1v) is 7.85. The molecule has 0 aliphatic carbocycles. The molecule has 0 saturated carbocycles. The minimum absolute atomic E-state index is 0.436. The Balaban J connectivity index is 2.41. The number of benzene rings is 2. The van der Waals surface area contributed by atoms with Crippen molar-refractivity contribution in [3.8, 4) is 0 Å². The van der Waals surface area contributed by atoms with Crippen molar-refractivity contribution >= 4 is 10.8 Å². The maximum atomic E-state index is 12.7. The molecule has 2 atom stereocenters. The zero-order valence-electron chi connectivity index (χ0n) is 11.7. The maximum Gasteiger partial charge on any atom is 0.0852 e. The summed E-state index contributed by atoms with van der Waals surface area (Å²) in [5, 5.41) is 0. The van der Waals surface area contributed by atoms with Gasteiger partial charge in [0.05, 0.1) is 10.8 Å². The third-order valence-electron chi connectivity index (χ3n) is 3.50. The van der Waals surface area contributed by atoms with Crippen LogP contribution in [0.3, 0.4) is 0 Å². The first-order valence-electron chi connectivity index (χ1n) is 6.71. The molecule has 0 saturated heterocycles. The molecule has 0 N–H and O–H groups in total. The highest BCUT2D eigenvalue weighted by atomic mass is 32.2. The topological polar surface area (TPSA) is 17.1 Å². The van der Waals surface area contributed by atoms with Gasteiger partial charge in [-0.25, -0.2) is 4.21 Å². The van der Waals surface area contributed by atoms with E-state index in [0.717, 1.165) is 16.2 Å². The van der Waals surface area contributed by atoms with E-state index in [1.165, 1.54) is 11.1 Å². The van der Waals surface area contributed by atoms with Crippen molar-refractivity contribution in [1.29, 1.82) is 0 Å². The van der Waals surface area contributed by atoms with Gasteiger partial charge in [-0.2, -0.15) is 0 Å². The lowest BCUT2D eigenvalue weighted by Gasteiger charge is -2.14. The summed E-state index contributed by atoms with van der Waals surface area (Å²) in [6.07, 6.45) is 1.06. The van der Waals surface area contributed by atoms with E-state index >= 15 is 0 Å². The van der Waals surface area contributed by atoms with Gasteiger partial charge in [0.1, 0.15) is 0 Å². The molecule has 1 nitrogen and oxygen atoms in total. The molecular weight excluding hydrogens is 252 g/mol. The molecule has 0 aromatic heterocycles. The zero-order chi connectivity index (χ0) is 13.8. The van der Waals surface area contributed by atoms with Gasteiger partial charge in [0, 0.05) is 9.79 Å². The predicted octanol–water partition coefficient (Wildman–Crippen LogP) is 4.68. The van der Waals surface area contributed by atoms with Crippen LogP contribution in [0.1, 0.15) is 37.3 Å². The van der Waals surface area contributed by atoms with Crippen molar-refractivity contribution < 1.29 is 4.21 Å². The summed E-state index contributed by atoms with van der Waals surface area (Å²) in [5.74, 6) is 0.436. The van der Waals surface area contributed by atoms with E-state index in [9.17, 15) is 4.21 Å². The molecule has 0 aliphatic heterocycles. The zero-order valence-corrected chi connectivity index (χ0v) is 12.5.